The minimum absolute atomic E-state index is 0.303. The van der Waals surface area contributed by atoms with E-state index in [4.69, 9.17) is 4.52 Å². The van der Waals surface area contributed by atoms with Gasteiger partial charge in [0.2, 0.25) is 0 Å². The quantitative estimate of drug-likeness (QED) is 0.804. The molecule has 0 saturated heterocycles. The van der Waals surface area contributed by atoms with Crippen molar-refractivity contribution < 1.29 is 13.7 Å². The van der Waals surface area contributed by atoms with Crippen molar-refractivity contribution in [2.45, 2.75) is 6.92 Å². The maximum Gasteiger partial charge on any atom is 0.261 e. The van der Waals surface area contributed by atoms with Crippen LogP contribution >= 0.6 is 0 Å². The van der Waals surface area contributed by atoms with E-state index >= 15 is 0 Å². The average Bonchev–Trinajstić information content (AvgIpc) is 2.90. The highest BCUT2D eigenvalue weighted by Gasteiger charge is 2.21. The van der Waals surface area contributed by atoms with Crippen LogP contribution in [0.25, 0.3) is 11.3 Å². The summed E-state index contributed by atoms with van der Waals surface area (Å²) in [6.07, 6.45) is 3.22. The molecular weight excluding hydrogens is 285 g/mol. The highest BCUT2D eigenvalue weighted by molar-refractivity contribution is 6.08. The van der Waals surface area contributed by atoms with Gasteiger partial charge in [-0.05, 0) is 37.3 Å². The molecule has 0 bridgehead atoms. The summed E-state index contributed by atoms with van der Waals surface area (Å²) in [5, 5.41) is 6.55. The Kier molecular flexibility index (Phi) is 3.65. The first kappa shape index (κ1) is 13.9. The lowest BCUT2D eigenvalue weighted by Gasteiger charge is -2.05. The zero-order valence-corrected chi connectivity index (χ0v) is 11.7. The third-order valence-electron chi connectivity index (χ3n) is 3.11. The SMILES string of the molecule is Cc1onc(-c2cccnc2)c1C(=O)Nc1cccc(F)c1. The number of rotatable bonds is 3. The number of hydrogen-bond donors (Lipinski definition) is 1. The Morgan fingerprint density at radius 1 is 1.27 bits per heavy atom. The molecule has 0 aliphatic carbocycles. The predicted octanol–water partition coefficient (Wildman–Crippen LogP) is 3.44. The van der Waals surface area contributed by atoms with Gasteiger partial charge >= 0.3 is 0 Å². The first-order valence-corrected chi connectivity index (χ1v) is 6.59. The summed E-state index contributed by atoms with van der Waals surface area (Å²) in [6.45, 7) is 1.65. The van der Waals surface area contributed by atoms with E-state index < -0.39 is 11.7 Å². The molecule has 3 rings (SSSR count). The van der Waals surface area contributed by atoms with Gasteiger partial charge in [-0.2, -0.15) is 0 Å². The topological polar surface area (TPSA) is 68.0 Å². The Labute approximate surface area is 125 Å². The number of aryl methyl sites for hydroxylation is 1. The minimum atomic E-state index is -0.424. The van der Waals surface area contributed by atoms with E-state index in [1.54, 1.807) is 37.5 Å². The maximum atomic E-state index is 13.2. The van der Waals surface area contributed by atoms with E-state index in [-0.39, 0.29) is 0 Å². The standard InChI is InChI=1S/C16H12FN3O2/c1-10-14(15(20-22-10)11-4-3-7-18-9-11)16(21)19-13-6-2-5-12(17)8-13/h2-9H,1H3,(H,19,21). The molecule has 1 aromatic carbocycles. The molecule has 22 heavy (non-hydrogen) atoms. The molecule has 5 nitrogen and oxygen atoms in total. The summed E-state index contributed by atoms with van der Waals surface area (Å²) in [5.74, 6) is -0.455. The molecule has 1 N–H and O–H groups in total. The summed E-state index contributed by atoms with van der Waals surface area (Å²) >= 11 is 0. The van der Waals surface area contributed by atoms with E-state index in [1.165, 1.54) is 18.2 Å². The zero-order chi connectivity index (χ0) is 15.5. The lowest BCUT2D eigenvalue weighted by molar-refractivity contribution is 0.102. The fraction of sp³-hybridized carbons (Fsp3) is 0.0625. The van der Waals surface area contributed by atoms with Crippen LogP contribution in [0.1, 0.15) is 16.1 Å². The molecule has 0 spiro atoms. The van der Waals surface area contributed by atoms with Gasteiger partial charge in [0.15, 0.2) is 0 Å². The summed E-state index contributed by atoms with van der Waals surface area (Å²) in [6, 6.07) is 9.20. The van der Waals surface area contributed by atoms with Crippen molar-refractivity contribution in [1.82, 2.24) is 10.1 Å². The number of carbonyl (C=O) groups excluding carboxylic acids is 1. The molecule has 0 fully saturated rings. The molecule has 3 aromatic rings. The van der Waals surface area contributed by atoms with Gasteiger partial charge in [0, 0.05) is 23.6 Å². The number of carbonyl (C=O) groups is 1. The van der Waals surface area contributed by atoms with Crippen LogP contribution in [0.3, 0.4) is 0 Å². The number of hydrogen-bond acceptors (Lipinski definition) is 4. The van der Waals surface area contributed by atoms with Crippen molar-refractivity contribution in [2.24, 2.45) is 0 Å². The molecule has 0 aliphatic rings. The minimum Gasteiger partial charge on any atom is -0.360 e. The van der Waals surface area contributed by atoms with Crippen LogP contribution < -0.4 is 5.32 Å². The van der Waals surface area contributed by atoms with Crippen molar-refractivity contribution in [3.05, 3.63) is 65.9 Å². The van der Waals surface area contributed by atoms with Crippen LogP contribution in [0, 0.1) is 12.7 Å². The van der Waals surface area contributed by atoms with Gasteiger partial charge in [0.25, 0.3) is 5.91 Å². The Morgan fingerprint density at radius 2 is 2.14 bits per heavy atom. The van der Waals surface area contributed by atoms with Crippen LogP contribution in [-0.2, 0) is 0 Å². The second-order valence-electron chi connectivity index (χ2n) is 4.67. The lowest BCUT2D eigenvalue weighted by atomic mass is 10.1. The smallest absolute Gasteiger partial charge is 0.261 e. The Morgan fingerprint density at radius 3 is 2.86 bits per heavy atom. The van der Waals surface area contributed by atoms with Crippen molar-refractivity contribution >= 4 is 11.6 Å². The van der Waals surface area contributed by atoms with Crippen molar-refractivity contribution in [3.63, 3.8) is 0 Å². The summed E-state index contributed by atoms with van der Waals surface area (Å²) in [5.41, 5.74) is 1.74. The van der Waals surface area contributed by atoms with Gasteiger partial charge in [-0.25, -0.2) is 4.39 Å². The number of aromatic nitrogens is 2. The van der Waals surface area contributed by atoms with Crippen LogP contribution in [0.5, 0.6) is 0 Å². The summed E-state index contributed by atoms with van der Waals surface area (Å²) in [4.78, 5) is 16.5. The molecule has 0 aliphatic heterocycles. The molecule has 2 aromatic heterocycles. The van der Waals surface area contributed by atoms with Crippen LogP contribution in [0.2, 0.25) is 0 Å². The molecule has 0 atom stereocenters. The van der Waals surface area contributed by atoms with E-state index in [1.807, 2.05) is 0 Å². The van der Waals surface area contributed by atoms with Gasteiger partial charge in [-0.3, -0.25) is 9.78 Å². The Balaban J connectivity index is 1.95. The zero-order valence-electron chi connectivity index (χ0n) is 11.7. The molecule has 6 heteroatoms. The predicted molar refractivity (Wildman–Crippen MR) is 78.8 cm³/mol. The molecule has 110 valence electrons. The molecule has 2 heterocycles. The third kappa shape index (κ3) is 2.71. The highest BCUT2D eigenvalue weighted by atomic mass is 19.1. The van der Waals surface area contributed by atoms with Gasteiger partial charge in [0.05, 0.1) is 0 Å². The number of anilines is 1. The fourth-order valence-electron chi connectivity index (χ4n) is 2.10. The number of pyridine rings is 1. The van der Waals surface area contributed by atoms with Gasteiger partial charge < -0.3 is 9.84 Å². The maximum absolute atomic E-state index is 13.2. The first-order chi connectivity index (χ1) is 10.6. The highest BCUT2D eigenvalue weighted by Crippen LogP contribution is 2.25. The molecule has 0 saturated carbocycles. The van der Waals surface area contributed by atoms with Crippen LogP contribution in [-0.4, -0.2) is 16.0 Å². The number of benzene rings is 1. The van der Waals surface area contributed by atoms with Crippen LogP contribution in [0.4, 0.5) is 10.1 Å². The summed E-state index contributed by atoms with van der Waals surface area (Å²) in [7, 11) is 0. The van der Waals surface area contributed by atoms with Crippen molar-refractivity contribution in [2.75, 3.05) is 5.32 Å². The van der Waals surface area contributed by atoms with Crippen LogP contribution in [0.15, 0.2) is 53.3 Å². The van der Waals surface area contributed by atoms with Crippen molar-refractivity contribution in [3.8, 4) is 11.3 Å². The lowest BCUT2D eigenvalue weighted by Crippen LogP contribution is -2.13. The van der Waals surface area contributed by atoms with Gasteiger partial charge in [0.1, 0.15) is 22.8 Å². The van der Waals surface area contributed by atoms with E-state index in [2.05, 4.69) is 15.5 Å². The van der Waals surface area contributed by atoms with E-state index in [0.29, 0.717) is 28.3 Å². The summed E-state index contributed by atoms with van der Waals surface area (Å²) < 4.78 is 18.3. The largest absolute Gasteiger partial charge is 0.360 e. The second-order valence-corrected chi connectivity index (χ2v) is 4.67. The number of nitrogens with zero attached hydrogens (tertiary/aromatic N) is 2. The Bertz CT molecular complexity index is 815. The third-order valence-corrected chi connectivity index (χ3v) is 3.11. The fourth-order valence-corrected chi connectivity index (χ4v) is 2.10. The van der Waals surface area contributed by atoms with Gasteiger partial charge in [-0.15, -0.1) is 0 Å². The molecule has 0 unspecified atom stereocenters. The normalized spacial score (nSPS) is 10.5. The first-order valence-electron chi connectivity index (χ1n) is 6.59. The molecular formula is C16H12FN3O2. The monoisotopic (exact) mass is 297 g/mol. The Hall–Kier alpha value is -3.02. The molecule has 0 radical (unpaired) electrons. The average molecular weight is 297 g/mol. The number of halogens is 1. The van der Waals surface area contributed by atoms with E-state index in [0.717, 1.165) is 0 Å². The number of amides is 1. The number of nitrogens with one attached hydrogen (secondary N) is 1. The molecule has 1 amide bonds. The van der Waals surface area contributed by atoms with E-state index in [9.17, 15) is 9.18 Å². The van der Waals surface area contributed by atoms with Crippen molar-refractivity contribution in [1.29, 1.82) is 0 Å². The second kappa shape index (κ2) is 5.77. The van der Waals surface area contributed by atoms with Gasteiger partial charge in [-0.1, -0.05) is 11.2 Å².